The number of aryl methyl sites for hydroxylation is 1. The van der Waals surface area contributed by atoms with E-state index in [1.807, 2.05) is 37.3 Å². The Hall–Kier alpha value is -3.86. The molecule has 0 atom stereocenters. The van der Waals surface area contributed by atoms with Crippen molar-refractivity contribution in [2.24, 2.45) is 0 Å². The SMILES string of the molecule is COc1ccc(-c2cc(=O)c3ccc(NC(=O)c4cccc(C)c4)cc3o2)cc1. The van der Waals surface area contributed by atoms with E-state index in [0.717, 1.165) is 16.9 Å². The van der Waals surface area contributed by atoms with Gasteiger partial charge in [-0.05, 0) is 55.5 Å². The quantitative estimate of drug-likeness (QED) is 0.535. The van der Waals surface area contributed by atoms with Crippen LogP contribution in [0.5, 0.6) is 5.75 Å². The molecule has 5 heteroatoms. The predicted molar refractivity (Wildman–Crippen MR) is 114 cm³/mol. The molecule has 0 saturated carbocycles. The van der Waals surface area contributed by atoms with Gasteiger partial charge in [0.05, 0.1) is 12.5 Å². The van der Waals surface area contributed by atoms with Gasteiger partial charge in [-0.3, -0.25) is 9.59 Å². The van der Waals surface area contributed by atoms with Gasteiger partial charge in [0.15, 0.2) is 5.43 Å². The first-order chi connectivity index (χ1) is 14.0. The Morgan fingerprint density at radius 3 is 2.48 bits per heavy atom. The Bertz CT molecular complexity index is 1260. The van der Waals surface area contributed by atoms with Gasteiger partial charge in [0.25, 0.3) is 5.91 Å². The van der Waals surface area contributed by atoms with Crippen LogP contribution in [-0.2, 0) is 0 Å². The molecule has 1 aromatic heterocycles. The third-order valence-corrected chi connectivity index (χ3v) is 4.64. The van der Waals surface area contributed by atoms with Crippen LogP contribution < -0.4 is 15.5 Å². The van der Waals surface area contributed by atoms with Gasteiger partial charge in [0, 0.05) is 28.9 Å². The molecule has 1 heterocycles. The molecule has 4 aromatic rings. The molecule has 0 saturated heterocycles. The summed E-state index contributed by atoms with van der Waals surface area (Å²) in [5.74, 6) is 0.951. The molecule has 0 aliphatic carbocycles. The number of rotatable bonds is 4. The maximum Gasteiger partial charge on any atom is 0.255 e. The number of nitrogens with one attached hydrogen (secondary N) is 1. The highest BCUT2D eigenvalue weighted by Gasteiger charge is 2.10. The van der Waals surface area contributed by atoms with Crippen molar-refractivity contribution in [3.05, 3.63) is 94.1 Å². The van der Waals surface area contributed by atoms with Gasteiger partial charge in [-0.1, -0.05) is 17.7 Å². The Balaban J connectivity index is 1.68. The van der Waals surface area contributed by atoms with Crippen LogP contribution >= 0.6 is 0 Å². The minimum Gasteiger partial charge on any atom is -0.497 e. The van der Waals surface area contributed by atoms with E-state index in [2.05, 4.69) is 5.32 Å². The largest absolute Gasteiger partial charge is 0.497 e. The summed E-state index contributed by atoms with van der Waals surface area (Å²) in [5, 5.41) is 3.31. The molecule has 29 heavy (non-hydrogen) atoms. The van der Waals surface area contributed by atoms with E-state index in [0.29, 0.717) is 28.0 Å². The highest BCUT2D eigenvalue weighted by Crippen LogP contribution is 2.26. The van der Waals surface area contributed by atoms with E-state index in [1.54, 1.807) is 43.5 Å². The van der Waals surface area contributed by atoms with Crippen molar-refractivity contribution >= 4 is 22.6 Å². The first kappa shape index (κ1) is 18.5. The van der Waals surface area contributed by atoms with E-state index in [4.69, 9.17) is 9.15 Å². The summed E-state index contributed by atoms with van der Waals surface area (Å²) in [6.45, 7) is 1.93. The maximum atomic E-state index is 12.5. The van der Waals surface area contributed by atoms with E-state index < -0.39 is 0 Å². The van der Waals surface area contributed by atoms with E-state index in [-0.39, 0.29) is 11.3 Å². The van der Waals surface area contributed by atoms with Crippen LogP contribution in [0, 0.1) is 6.92 Å². The van der Waals surface area contributed by atoms with E-state index >= 15 is 0 Å². The van der Waals surface area contributed by atoms with Gasteiger partial charge < -0.3 is 14.5 Å². The zero-order chi connectivity index (χ0) is 20.4. The molecular weight excluding hydrogens is 366 g/mol. The molecule has 0 bridgehead atoms. The first-order valence-electron chi connectivity index (χ1n) is 9.14. The zero-order valence-corrected chi connectivity index (χ0v) is 16.1. The monoisotopic (exact) mass is 385 g/mol. The first-order valence-corrected chi connectivity index (χ1v) is 9.14. The topological polar surface area (TPSA) is 68.5 Å². The fourth-order valence-electron chi connectivity index (χ4n) is 3.12. The van der Waals surface area contributed by atoms with Crippen LogP contribution in [0.4, 0.5) is 5.69 Å². The fraction of sp³-hybridized carbons (Fsp3) is 0.0833. The second-order valence-corrected chi connectivity index (χ2v) is 6.74. The van der Waals surface area contributed by atoms with Crippen LogP contribution in [0.2, 0.25) is 0 Å². The number of carbonyl (C=O) groups excluding carboxylic acids is 1. The van der Waals surface area contributed by atoms with Crippen molar-refractivity contribution in [1.82, 2.24) is 0 Å². The molecule has 5 nitrogen and oxygen atoms in total. The average molecular weight is 385 g/mol. The summed E-state index contributed by atoms with van der Waals surface area (Å²) in [4.78, 5) is 25.0. The smallest absolute Gasteiger partial charge is 0.255 e. The summed E-state index contributed by atoms with van der Waals surface area (Å²) in [6.07, 6.45) is 0. The number of amides is 1. The van der Waals surface area contributed by atoms with Gasteiger partial charge in [-0.25, -0.2) is 0 Å². The van der Waals surface area contributed by atoms with E-state index in [1.165, 1.54) is 6.07 Å². The summed E-state index contributed by atoms with van der Waals surface area (Å²) in [6, 6.07) is 21.1. The Kier molecular flexibility index (Phi) is 4.87. The average Bonchev–Trinajstić information content (AvgIpc) is 2.73. The summed E-state index contributed by atoms with van der Waals surface area (Å²) in [7, 11) is 1.59. The number of anilines is 1. The lowest BCUT2D eigenvalue weighted by molar-refractivity contribution is 0.102. The number of methoxy groups -OCH3 is 1. The van der Waals surface area contributed by atoms with Gasteiger partial charge >= 0.3 is 0 Å². The summed E-state index contributed by atoms with van der Waals surface area (Å²) < 4.78 is 11.1. The van der Waals surface area contributed by atoms with Crippen molar-refractivity contribution in [1.29, 1.82) is 0 Å². The lowest BCUT2D eigenvalue weighted by Gasteiger charge is -2.08. The molecule has 4 rings (SSSR count). The number of hydrogen-bond acceptors (Lipinski definition) is 4. The second-order valence-electron chi connectivity index (χ2n) is 6.74. The Morgan fingerprint density at radius 2 is 1.76 bits per heavy atom. The Morgan fingerprint density at radius 1 is 0.966 bits per heavy atom. The standard InChI is InChI=1S/C24H19NO4/c1-15-4-3-5-17(12-15)24(27)25-18-8-11-20-21(26)14-22(29-23(20)13-18)16-6-9-19(28-2)10-7-16/h3-14H,1-2H3,(H,25,27). The van der Waals surface area contributed by atoms with Crippen LogP contribution in [0.1, 0.15) is 15.9 Å². The lowest BCUT2D eigenvalue weighted by atomic mass is 10.1. The minimum absolute atomic E-state index is 0.145. The van der Waals surface area contributed by atoms with Crippen molar-refractivity contribution in [2.75, 3.05) is 12.4 Å². The molecule has 144 valence electrons. The van der Waals surface area contributed by atoms with Crippen molar-refractivity contribution in [3.8, 4) is 17.1 Å². The van der Waals surface area contributed by atoms with Gasteiger partial charge in [-0.2, -0.15) is 0 Å². The van der Waals surface area contributed by atoms with E-state index in [9.17, 15) is 9.59 Å². The number of hydrogen-bond donors (Lipinski definition) is 1. The van der Waals surface area contributed by atoms with Crippen molar-refractivity contribution < 1.29 is 13.9 Å². The summed E-state index contributed by atoms with van der Waals surface area (Å²) in [5.41, 5.74) is 3.15. The normalized spacial score (nSPS) is 10.7. The van der Waals surface area contributed by atoms with Crippen molar-refractivity contribution in [2.45, 2.75) is 6.92 Å². The highest BCUT2D eigenvalue weighted by molar-refractivity contribution is 6.05. The molecule has 0 fully saturated rings. The third-order valence-electron chi connectivity index (χ3n) is 4.64. The van der Waals surface area contributed by atoms with Crippen LogP contribution in [0.15, 0.2) is 82.0 Å². The van der Waals surface area contributed by atoms with Crippen LogP contribution in [0.25, 0.3) is 22.3 Å². The fourth-order valence-corrected chi connectivity index (χ4v) is 3.12. The number of carbonyl (C=O) groups is 1. The number of fused-ring (bicyclic) bond motifs is 1. The molecule has 0 aliphatic heterocycles. The number of benzene rings is 3. The molecule has 0 aliphatic rings. The number of ether oxygens (including phenoxy) is 1. The second kappa shape index (κ2) is 7.64. The van der Waals surface area contributed by atoms with Gasteiger partial charge in [0.2, 0.25) is 0 Å². The molecule has 0 spiro atoms. The molecular formula is C24H19NO4. The minimum atomic E-state index is -0.221. The molecule has 0 radical (unpaired) electrons. The van der Waals surface area contributed by atoms with Crippen LogP contribution in [-0.4, -0.2) is 13.0 Å². The van der Waals surface area contributed by atoms with Gasteiger partial charge in [-0.15, -0.1) is 0 Å². The zero-order valence-electron chi connectivity index (χ0n) is 16.1. The molecule has 1 amide bonds. The molecule has 1 N–H and O–H groups in total. The summed E-state index contributed by atoms with van der Waals surface area (Å²) >= 11 is 0. The lowest BCUT2D eigenvalue weighted by Crippen LogP contribution is -2.12. The molecule has 3 aromatic carbocycles. The Labute approximate surface area is 167 Å². The highest BCUT2D eigenvalue weighted by atomic mass is 16.5. The van der Waals surface area contributed by atoms with Crippen LogP contribution in [0.3, 0.4) is 0 Å². The van der Waals surface area contributed by atoms with Crippen molar-refractivity contribution in [3.63, 3.8) is 0 Å². The molecule has 0 unspecified atom stereocenters. The third kappa shape index (κ3) is 3.89. The predicted octanol–water partition coefficient (Wildman–Crippen LogP) is 5.03. The van der Waals surface area contributed by atoms with Gasteiger partial charge in [0.1, 0.15) is 17.1 Å². The maximum absolute atomic E-state index is 12.5.